The first kappa shape index (κ1) is 17.3. The summed E-state index contributed by atoms with van der Waals surface area (Å²) in [5, 5.41) is 18.3. The minimum absolute atomic E-state index is 0.260. The molecule has 0 fully saturated rings. The van der Waals surface area contributed by atoms with Gasteiger partial charge in [-0.25, -0.2) is 0 Å². The van der Waals surface area contributed by atoms with E-state index in [9.17, 15) is 5.11 Å². The number of phenolic OH excluding ortho intramolecular Hbond substituents is 1. The monoisotopic (exact) mass is 316 g/mol. The van der Waals surface area contributed by atoms with Crippen LogP contribution in [0.4, 0.5) is 5.69 Å². The Labute approximate surface area is 131 Å². The summed E-state index contributed by atoms with van der Waals surface area (Å²) in [6.07, 6.45) is 1.89. The number of hydrogen-bond donors (Lipinski definition) is 1. The zero-order chi connectivity index (χ0) is 15.3. The number of rotatable bonds is 6. The van der Waals surface area contributed by atoms with Crippen LogP contribution in [-0.2, 0) is 0 Å². The summed E-state index contributed by atoms with van der Waals surface area (Å²) >= 11 is 11.1. The van der Waals surface area contributed by atoms with Crippen molar-refractivity contribution in [2.45, 2.75) is 57.3 Å². The molecule has 3 nitrogen and oxygen atoms in total. The molecule has 0 amide bonds. The van der Waals surface area contributed by atoms with Crippen LogP contribution in [0.25, 0.3) is 0 Å². The van der Waals surface area contributed by atoms with Gasteiger partial charge in [0, 0.05) is 0 Å². The van der Waals surface area contributed by atoms with Gasteiger partial charge in [0.2, 0.25) is 4.96 Å². The highest BCUT2D eigenvalue weighted by molar-refractivity contribution is 6.44. The summed E-state index contributed by atoms with van der Waals surface area (Å²) in [6.45, 7) is 8.36. The molecule has 0 aliphatic heterocycles. The topological polar surface area (TPSA) is 45.0 Å². The molecule has 0 bridgehead atoms. The maximum Gasteiger partial charge on any atom is 0.217 e. The Morgan fingerprint density at radius 2 is 1.50 bits per heavy atom. The second-order valence-electron chi connectivity index (χ2n) is 5.08. The maximum atomic E-state index is 10.5. The van der Waals surface area contributed by atoms with Crippen molar-refractivity contribution >= 4 is 28.9 Å². The van der Waals surface area contributed by atoms with E-state index >= 15 is 0 Å². The van der Waals surface area contributed by atoms with Gasteiger partial charge in [-0.3, -0.25) is 0 Å². The van der Waals surface area contributed by atoms with E-state index in [0.717, 1.165) is 24.0 Å². The van der Waals surface area contributed by atoms with E-state index in [0.29, 0.717) is 11.4 Å². The highest BCUT2D eigenvalue weighted by Crippen LogP contribution is 2.39. The van der Waals surface area contributed by atoms with Crippen molar-refractivity contribution in [3.63, 3.8) is 0 Å². The van der Waals surface area contributed by atoms with E-state index in [4.69, 9.17) is 23.2 Å². The Morgan fingerprint density at radius 3 is 1.85 bits per heavy atom. The van der Waals surface area contributed by atoms with Crippen LogP contribution in [-0.4, -0.2) is 10.1 Å². The summed E-state index contributed by atoms with van der Waals surface area (Å²) in [7, 11) is 0. The fourth-order valence-corrected chi connectivity index (χ4v) is 2.11. The zero-order valence-corrected chi connectivity index (χ0v) is 13.9. The predicted molar refractivity (Wildman–Crippen MR) is 85.5 cm³/mol. The van der Waals surface area contributed by atoms with Gasteiger partial charge in [-0.15, -0.1) is 0 Å². The lowest BCUT2D eigenvalue weighted by atomic mass is 9.89. The highest BCUT2D eigenvalue weighted by Gasteiger charge is 2.17. The molecule has 20 heavy (non-hydrogen) atoms. The molecule has 1 aromatic rings. The third-order valence-electron chi connectivity index (χ3n) is 3.70. The quantitative estimate of drug-likeness (QED) is 0.375. The molecule has 0 saturated heterocycles. The summed E-state index contributed by atoms with van der Waals surface area (Å²) in [4.78, 5) is -0.872. The van der Waals surface area contributed by atoms with Gasteiger partial charge in [-0.2, -0.15) is 10.2 Å². The first-order chi connectivity index (χ1) is 9.40. The normalized spacial score (nSPS) is 14.9. The molecule has 1 aromatic carbocycles. The van der Waals surface area contributed by atoms with E-state index in [-0.39, 0.29) is 11.8 Å². The maximum absolute atomic E-state index is 10.5. The van der Waals surface area contributed by atoms with E-state index in [1.807, 2.05) is 12.1 Å². The first-order valence-corrected chi connectivity index (χ1v) is 7.83. The van der Waals surface area contributed by atoms with E-state index in [1.54, 1.807) is 0 Å². The van der Waals surface area contributed by atoms with Crippen LogP contribution >= 0.6 is 23.2 Å². The van der Waals surface area contributed by atoms with Crippen LogP contribution in [0.2, 0.25) is 0 Å². The molecule has 0 aromatic heterocycles. The molecule has 0 saturated carbocycles. The van der Waals surface area contributed by atoms with Gasteiger partial charge in [0.15, 0.2) is 0 Å². The number of aromatic hydroxyl groups is 1. The Balaban J connectivity index is 3.33. The second kappa shape index (κ2) is 7.84. The standard InChI is InChI=1S/C15H22Cl2N2O/c1-5-9(3)12-7-11(18-19-15(16)17)8-13(14(12)20)10(4)6-2/h7-10,15,20H,5-6H2,1-4H3. The van der Waals surface area contributed by atoms with Gasteiger partial charge in [-0.05, 0) is 47.9 Å². The molecule has 2 atom stereocenters. The van der Waals surface area contributed by atoms with Crippen molar-refractivity contribution in [2.24, 2.45) is 10.2 Å². The van der Waals surface area contributed by atoms with Gasteiger partial charge in [0.05, 0.1) is 5.69 Å². The van der Waals surface area contributed by atoms with Gasteiger partial charge in [-0.1, -0.05) is 50.9 Å². The first-order valence-electron chi connectivity index (χ1n) is 6.96. The largest absolute Gasteiger partial charge is 0.507 e. The highest BCUT2D eigenvalue weighted by atomic mass is 35.5. The number of nitrogens with zero attached hydrogens (tertiary/aromatic N) is 2. The van der Waals surface area contributed by atoms with Gasteiger partial charge in [0.1, 0.15) is 5.75 Å². The summed E-state index contributed by atoms with van der Waals surface area (Å²) in [5.41, 5.74) is 2.49. The van der Waals surface area contributed by atoms with Crippen molar-refractivity contribution in [1.82, 2.24) is 0 Å². The third kappa shape index (κ3) is 4.35. The second-order valence-corrected chi connectivity index (χ2v) is 6.13. The number of alkyl halides is 2. The van der Waals surface area contributed by atoms with Crippen molar-refractivity contribution < 1.29 is 5.11 Å². The minimum Gasteiger partial charge on any atom is -0.507 e. The smallest absolute Gasteiger partial charge is 0.217 e. The van der Waals surface area contributed by atoms with E-state index in [2.05, 4.69) is 37.9 Å². The molecular formula is C15H22Cl2N2O. The van der Waals surface area contributed by atoms with Crippen molar-refractivity contribution in [3.05, 3.63) is 23.3 Å². The summed E-state index contributed by atoms with van der Waals surface area (Å²) in [5.74, 6) is 0.896. The van der Waals surface area contributed by atoms with Crippen LogP contribution < -0.4 is 0 Å². The predicted octanol–water partition coefficient (Wildman–Crippen LogP) is 6.26. The van der Waals surface area contributed by atoms with Crippen LogP contribution in [0.1, 0.15) is 63.5 Å². The van der Waals surface area contributed by atoms with Crippen LogP contribution in [0.15, 0.2) is 22.4 Å². The van der Waals surface area contributed by atoms with Crippen LogP contribution in [0.3, 0.4) is 0 Å². The summed E-state index contributed by atoms with van der Waals surface area (Å²) in [6, 6.07) is 3.71. The van der Waals surface area contributed by atoms with Crippen LogP contribution in [0.5, 0.6) is 5.75 Å². The third-order valence-corrected chi connectivity index (χ3v) is 3.88. The Bertz CT molecular complexity index is 444. The molecule has 112 valence electrons. The lowest BCUT2D eigenvalue weighted by Crippen LogP contribution is -1.98. The number of halogens is 2. The van der Waals surface area contributed by atoms with Crippen molar-refractivity contribution in [2.75, 3.05) is 0 Å². The van der Waals surface area contributed by atoms with E-state index in [1.165, 1.54) is 0 Å². The zero-order valence-electron chi connectivity index (χ0n) is 12.4. The SMILES string of the molecule is CCC(C)c1cc(N=NC(Cl)Cl)cc(C(C)CC)c1O. The van der Waals surface area contributed by atoms with Crippen LogP contribution in [0, 0.1) is 0 Å². The molecular weight excluding hydrogens is 295 g/mol. The molecule has 0 radical (unpaired) electrons. The average molecular weight is 317 g/mol. The lowest BCUT2D eigenvalue weighted by molar-refractivity contribution is 0.449. The number of azo groups is 1. The number of phenols is 1. The number of benzene rings is 1. The fraction of sp³-hybridized carbons (Fsp3) is 0.600. The lowest BCUT2D eigenvalue weighted by Gasteiger charge is -2.18. The number of hydrogen-bond acceptors (Lipinski definition) is 3. The van der Waals surface area contributed by atoms with Gasteiger partial charge in [0.25, 0.3) is 0 Å². The fourth-order valence-electron chi connectivity index (χ4n) is 2.02. The molecule has 1 rings (SSSR count). The Kier molecular flexibility index (Phi) is 6.77. The van der Waals surface area contributed by atoms with Gasteiger partial charge < -0.3 is 5.11 Å². The van der Waals surface area contributed by atoms with Gasteiger partial charge >= 0.3 is 0 Å². The molecule has 0 spiro atoms. The Hall–Kier alpha value is -0.800. The van der Waals surface area contributed by atoms with Crippen molar-refractivity contribution in [1.29, 1.82) is 0 Å². The molecule has 2 unspecified atom stereocenters. The molecule has 0 heterocycles. The molecule has 1 N–H and O–H groups in total. The Morgan fingerprint density at radius 1 is 1.05 bits per heavy atom. The average Bonchev–Trinajstić information content (AvgIpc) is 2.44. The molecule has 0 aliphatic rings. The summed E-state index contributed by atoms with van der Waals surface area (Å²) < 4.78 is 0. The molecule has 5 heteroatoms. The minimum atomic E-state index is -0.872. The molecule has 0 aliphatic carbocycles. The van der Waals surface area contributed by atoms with Crippen molar-refractivity contribution in [3.8, 4) is 5.75 Å². The van der Waals surface area contributed by atoms with E-state index < -0.39 is 4.96 Å².